The van der Waals surface area contributed by atoms with E-state index in [1.54, 1.807) is 0 Å². The van der Waals surface area contributed by atoms with Crippen molar-refractivity contribution in [3.05, 3.63) is 33.9 Å². The molecule has 1 aliphatic carbocycles. The number of fused-ring (bicyclic) bond motifs is 1. The molecule has 0 heterocycles. The molecule has 1 aromatic rings. The van der Waals surface area contributed by atoms with Crippen LogP contribution in [0.1, 0.15) is 53.4 Å². The van der Waals surface area contributed by atoms with Gasteiger partial charge in [0.05, 0.1) is 6.61 Å². The van der Waals surface area contributed by atoms with Crippen molar-refractivity contribution in [1.82, 2.24) is 0 Å². The molecule has 0 bridgehead atoms. The second-order valence-corrected chi connectivity index (χ2v) is 6.30. The number of aryl methyl sites for hydroxylation is 1. The minimum Gasteiger partial charge on any atom is -0.466 e. The van der Waals surface area contributed by atoms with Gasteiger partial charge in [0.2, 0.25) is 0 Å². The smallest absolute Gasteiger partial charge is 0.302 e. The van der Waals surface area contributed by atoms with Crippen molar-refractivity contribution in [3.63, 3.8) is 0 Å². The van der Waals surface area contributed by atoms with Crippen molar-refractivity contribution in [1.29, 1.82) is 0 Å². The fraction of sp³-hybridized carbons (Fsp3) is 0.529. The Labute approximate surface area is 120 Å². The summed E-state index contributed by atoms with van der Waals surface area (Å²) in [6.45, 7) is 9.92. The van der Waals surface area contributed by atoms with E-state index in [0.717, 1.165) is 17.5 Å². The van der Waals surface area contributed by atoms with Gasteiger partial charge in [0, 0.05) is 24.3 Å². The van der Waals surface area contributed by atoms with Gasteiger partial charge in [0.25, 0.3) is 0 Å². The molecule has 1 aliphatic rings. The van der Waals surface area contributed by atoms with Crippen LogP contribution in [-0.4, -0.2) is 18.4 Å². The van der Waals surface area contributed by atoms with Gasteiger partial charge >= 0.3 is 5.97 Å². The SMILES string of the molecule is CC(=O)OCCc1c(C)cc2c(c1C)CC(C)(C)C2=O. The highest BCUT2D eigenvalue weighted by Crippen LogP contribution is 2.39. The topological polar surface area (TPSA) is 43.4 Å². The van der Waals surface area contributed by atoms with E-state index in [0.29, 0.717) is 13.0 Å². The summed E-state index contributed by atoms with van der Waals surface area (Å²) in [5.41, 5.74) is 5.25. The Bertz CT molecular complexity index is 582. The van der Waals surface area contributed by atoms with Gasteiger partial charge in [-0.05, 0) is 48.6 Å². The maximum Gasteiger partial charge on any atom is 0.302 e. The predicted molar refractivity (Wildman–Crippen MR) is 78.1 cm³/mol. The van der Waals surface area contributed by atoms with E-state index in [4.69, 9.17) is 4.74 Å². The van der Waals surface area contributed by atoms with E-state index < -0.39 is 0 Å². The van der Waals surface area contributed by atoms with Crippen LogP contribution in [0.2, 0.25) is 0 Å². The van der Waals surface area contributed by atoms with Crippen molar-refractivity contribution < 1.29 is 14.3 Å². The Balaban J connectivity index is 2.34. The maximum absolute atomic E-state index is 12.4. The van der Waals surface area contributed by atoms with Gasteiger partial charge in [0.15, 0.2) is 5.78 Å². The Kier molecular flexibility index (Phi) is 3.72. The van der Waals surface area contributed by atoms with Crippen molar-refractivity contribution >= 4 is 11.8 Å². The van der Waals surface area contributed by atoms with Gasteiger partial charge in [-0.3, -0.25) is 9.59 Å². The molecule has 3 nitrogen and oxygen atoms in total. The van der Waals surface area contributed by atoms with Gasteiger partial charge < -0.3 is 4.74 Å². The summed E-state index contributed by atoms with van der Waals surface area (Å²) in [6.07, 6.45) is 1.51. The van der Waals surface area contributed by atoms with Crippen LogP contribution in [0.3, 0.4) is 0 Å². The fourth-order valence-electron chi connectivity index (χ4n) is 3.07. The number of carbonyl (C=O) groups excluding carboxylic acids is 2. The third-order valence-corrected chi connectivity index (χ3v) is 4.20. The second-order valence-electron chi connectivity index (χ2n) is 6.30. The number of hydrogen-bond acceptors (Lipinski definition) is 3. The minimum atomic E-state index is -0.298. The third kappa shape index (κ3) is 2.49. The first-order chi connectivity index (χ1) is 9.24. The highest BCUT2D eigenvalue weighted by molar-refractivity contribution is 6.05. The van der Waals surface area contributed by atoms with E-state index in [-0.39, 0.29) is 17.2 Å². The molecule has 0 amide bonds. The van der Waals surface area contributed by atoms with Gasteiger partial charge in [-0.1, -0.05) is 13.8 Å². The van der Waals surface area contributed by atoms with Crippen LogP contribution in [0.5, 0.6) is 0 Å². The lowest BCUT2D eigenvalue weighted by molar-refractivity contribution is -0.140. The zero-order chi connectivity index (χ0) is 15.1. The highest BCUT2D eigenvalue weighted by Gasteiger charge is 2.38. The first-order valence-corrected chi connectivity index (χ1v) is 7.04. The number of Topliss-reactive ketones (excluding diaryl/α,β-unsaturated/α-hetero) is 1. The van der Waals surface area contributed by atoms with E-state index in [1.807, 2.05) is 26.8 Å². The van der Waals surface area contributed by atoms with Crippen molar-refractivity contribution in [3.8, 4) is 0 Å². The van der Waals surface area contributed by atoms with Gasteiger partial charge in [0.1, 0.15) is 0 Å². The summed E-state index contributed by atoms with van der Waals surface area (Å²) in [7, 11) is 0. The first kappa shape index (κ1) is 14.8. The zero-order valence-corrected chi connectivity index (χ0v) is 12.9. The molecule has 0 fully saturated rings. The normalized spacial score (nSPS) is 16.1. The second kappa shape index (κ2) is 5.04. The average Bonchev–Trinajstić information content (AvgIpc) is 2.56. The molecule has 0 spiro atoms. The zero-order valence-electron chi connectivity index (χ0n) is 12.9. The summed E-state index contributed by atoms with van der Waals surface area (Å²) >= 11 is 0. The van der Waals surface area contributed by atoms with E-state index in [2.05, 4.69) is 6.92 Å². The average molecular weight is 274 g/mol. The molecule has 0 N–H and O–H groups in total. The number of rotatable bonds is 3. The molecular weight excluding hydrogens is 252 g/mol. The third-order valence-electron chi connectivity index (χ3n) is 4.20. The van der Waals surface area contributed by atoms with Gasteiger partial charge in [-0.2, -0.15) is 0 Å². The molecule has 0 aliphatic heterocycles. The van der Waals surface area contributed by atoms with Crippen LogP contribution >= 0.6 is 0 Å². The Hall–Kier alpha value is -1.64. The Morgan fingerprint density at radius 1 is 1.35 bits per heavy atom. The van der Waals surface area contributed by atoms with E-state index >= 15 is 0 Å². The fourth-order valence-corrected chi connectivity index (χ4v) is 3.07. The molecule has 0 atom stereocenters. The molecule has 0 unspecified atom stereocenters. The monoisotopic (exact) mass is 274 g/mol. The highest BCUT2D eigenvalue weighted by atomic mass is 16.5. The summed E-state index contributed by atoms with van der Waals surface area (Å²) in [5, 5.41) is 0. The van der Waals surface area contributed by atoms with Crippen LogP contribution < -0.4 is 0 Å². The van der Waals surface area contributed by atoms with Gasteiger partial charge in [-0.15, -0.1) is 0 Å². The van der Waals surface area contributed by atoms with Crippen LogP contribution in [-0.2, 0) is 22.4 Å². The molecule has 2 rings (SSSR count). The Morgan fingerprint density at radius 3 is 2.60 bits per heavy atom. The van der Waals surface area contributed by atoms with Crippen molar-refractivity contribution in [2.45, 2.75) is 47.5 Å². The Morgan fingerprint density at radius 2 is 2.00 bits per heavy atom. The number of hydrogen-bond donors (Lipinski definition) is 0. The minimum absolute atomic E-state index is 0.241. The number of ketones is 1. The number of ether oxygens (including phenoxy) is 1. The van der Waals surface area contributed by atoms with Crippen molar-refractivity contribution in [2.75, 3.05) is 6.61 Å². The van der Waals surface area contributed by atoms with Crippen molar-refractivity contribution in [2.24, 2.45) is 5.41 Å². The summed E-state index contributed by atoms with van der Waals surface area (Å²) in [4.78, 5) is 23.2. The standard InChI is InChI=1S/C17H22O3/c1-10-8-14-15(9-17(4,5)16(14)19)11(2)13(10)6-7-20-12(3)18/h8H,6-7,9H2,1-5H3. The number of esters is 1. The molecule has 0 aromatic heterocycles. The molecule has 108 valence electrons. The lowest BCUT2D eigenvalue weighted by Gasteiger charge is -2.14. The van der Waals surface area contributed by atoms with Crippen LogP contribution in [0.25, 0.3) is 0 Å². The summed E-state index contributed by atoms with van der Waals surface area (Å²) < 4.78 is 5.03. The lowest BCUT2D eigenvalue weighted by atomic mass is 9.88. The molecule has 0 saturated carbocycles. The number of carbonyl (C=O) groups is 2. The molecular formula is C17H22O3. The summed E-state index contributed by atoms with van der Waals surface area (Å²) in [6, 6.07) is 2.00. The molecule has 0 saturated heterocycles. The predicted octanol–water partition coefficient (Wildman–Crippen LogP) is 3.17. The molecule has 20 heavy (non-hydrogen) atoms. The van der Waals surface area contributed by atoms with Crippen LogP contribution in [0, 0.1) is 19.3 Å². The van der Waals surface area contributed by atoms with Crippen LogP contribution in [0.15, 0.2) is 6.07 Å². The largest absolute Gasteiger partial charge is 0.466 e. The molecule has 0 radical (unpaired) electrons. The van der Waals surface area contributed by atoms with E-state index in [9.17, 15) is 9.59 Å². The molecule has 3 heteroatoms. The maximum atomic E-state index is 12.4. The lowest BCUT2D eigenvalue weighted by Crippen LogP contribution is -2.18. The summed E-state index contributed by atoms with van der Waals surface area (Å²) in [5.74, 6) is -0.0111. The first-order valence-electron chi connectivity index (χ1n) is 7.04. The quantitative estimate of drug-likeness (QED) is 0.795. The number of benzene rings is 1. The van der Waals surface area contributed by atoms with E-state index in [1.165, 1.54) is 23.6 Å². The van der Waals surface area contributed by atoms with Crippen LogP contribution in [0.4, 0.5) is 0 Å². The van der Waals surface area contributed by atoms with Gasteiger partial charge in [-0.25, -0.2) is 0 Å². The molecule has 1 aromatic carbocycles.